The standard InChI is InChI=1S/C23H22N4O/c1-16-25-22-13-17(15-24-28)12-21(18-8-7-11-20(14-18)26(2)3)23(22)27(16)19-9-5-4-6-10-19/h4-14H,15H2,1-3H3. The van der Waals surface area contributed by atoms with Gasteiger partial charge in [0.15, 0.2) is 0 Å². The Kier molecular flexibility index (Phi) is 4.65. The lowest BCUT2D eigenvalue weighted by atomic mass is 10.00. The molecule has 0 spiro atoms. The molecular weight excluding hydrogens is 348 g/mol. The van der Waals surface area contributed by atoms with E-state index in [1.807, 2.05) is 45.3 Å². The molecular formula is C23H22N4O. The molecule has 4 rings (SSSR count). The van der Waals surface area contributed by atoms with Crippen LogP contribution in [0.1, 0.15) is 11.4 Å². The van der Waals surface area contributed by atoms with E-state index in [9.17, 15) is 4.91 Å². The fourth-order valence-electron chi connectivity index (χ4n) is 3.61. The van der Waals surface area contributed by atoms with Gasteiger partial charge in [-0.25, -0.2) is 4.98 Å². The van der Waals surface area contributed by atoms with Crippen molar-refractivity contribution in [1.82, 2.24) is 9.55 Å². The van der Waals surface area contributed by atoms with Gasteiger partial charge in [0.05, 0.1) is 11.0 Å². The summed E-state index contributed by atoms with van der Waals surface area (Å²) in [7, 11) is 4.06. The number of rotatable bonds is 5. The number of aryl methyl sites for hydroxylation is 1. The van der Waals surface area contributed by atoms with Gasteiger partial charge in [0.25, 0.3) is 0 Å². The summed E-state index contributed by atoms with van der Waals surface area (Å²) in [6.45, 7) is 2.14. The molecule has 0 aliphatic carbocycles. The average Bonchev–Trinajstić information content (AvgIpc) is 3.04. The number of nitroso groups, excluding NO2 is 1. The summed E-state index contributed by atoms with van der Waals surface area (Å²) in [5.41, 5.74) is 7.08. The number of aromatic nitrogens is 2. The SMILES string of the molecule is Cc1nc2cc(CN=O)cc(-c3cccc(N(C)C)c3)c2n1-c1ccccc1. The Balaban J connectivity index is 2.05. The summed E-state index contributed by atoms with van der Waals surface area (Å²) in [5.74, 6) is 0.905. The summed E-state index contributed by atoms with van der Waals surface area (Å²) >= 11 is 0. The van der Waals surface area contributed by atoms with E-state index in [4.69, 9.17) is 4.98 Å². The number of nitrogens with zero attached hydrogens (tertiary/aromatic N) is 4. The highest BCUT2D eigenvalue weighted by Crippen LogP contribution is 2.34. The third-order valence-corrected chi connectivity index (χ3v) is 4.91. The van der Waals surface area contributed by atoms with Crippen LogP contribution in [-0.2, 0) is 6.54 Å². The molecule has 0 unspecified atom stereocenters. The number of imidazole rings is 1. The molecule has 0 atom stereocenters. The van der Waals surface area contributed by atoms with Crippen LogP contribution in [0.2, 0.25) is 0 Å². The molecule has 1 aromatic heterocycles. The van der Waals surface area contributed by atoms with Gasteiger partial charge in [-0.15, -0.1) is 0 Å². The molecule has 0 saturated heterocycles. The molecule has 0 radical (unpaired) electrons. The summed E-state index contributed by atoms with van der Waals surface area (Å²) in [6, 6.07) is 22.6. The zero-order chi connectivity index (χ0) is 19.7. The Labute approximate surface area is 164 Å². The van der Waals surface area contributed by atoms with Crippen LogP contribution in [0, 0.1) is 11.8 Å². The predicted molar refractivity (Wildman–Crippen MR) is 115 cm³/mol. The third kappa shape index (κ3) is 3.16. The summed E-state index contributed by atoms with van der Waals surface area (Å²) in [6.07, 6.45) is 0. The summed E-state index contributed by atoms with van der Waals surface area (Å²) in [5, 5.41) is 3.09. The largest absolute Gasteiger partial charge is 0.378 e. The van der Waals surface area contributed by atoms with Gasteiger partial charge in [0.1, 0.15) is 12.4 Å². The van der Waals surface area contributed by atoms with Gasteiger partial charge in [0.2, 0.25) is 0 Å². The Morgan fingerprint density at radius 2 is 1.79 bits per heavy atom. The lowest BCUT2D eigenvalue weighted by molar-refractivity contribution is 1.00. The highest BCUT2D eigenvalue weighted by molar-refractivity contribution is 5.95. The maximum Gasteiger partial charge on any atom is 0.111 e. The molecule has 28 heavy (non-hydrogen) atoms. The van der Waals surface area contributed by atoms with Gasteiger partial charge in [-0.05, 0) is 54.4 Å². The number of hydrogen-bond donors (Lipinski definition) is 0. The molecule has 0 N–H and O–H groups in total. The van der Waals surface area contributed by atoms with Crippen LogP contribution in [0.5, 0.6) is 0 Å². The smallest absolute Gasteiger partial charge is 0.111 e. The minimum atomic E-state index is 0.132. The summed E-state index contributed by atoms with van der Waals surface area (Å²) in [4.78, 5) is 17.8. The molecule has 5 heteroatoms. The second-order valence-electron chi connectivity index (χ2n) is 7.07. The van der Waals surface area contributed by atoms with Crippen molar-refractivity contribution >= 4 is 16.7 Å². The van der Waals surface area contributed by atoms with Gasteiger partial charge in [0, 0.05) is 31.0 Å². The van der Waals surface area contributed by atoms with Gasteiger partial charge in [-0.3, -0.25) is 4.57 Å². The van der Waals surface area contributed by atoms with Crippen LogP contribution in [0.4, 0.5) is 5.69 Å². The first-order valence-electron chi connectivity index (χ1n) is 9.23. The minimum absolute atomic E-state index is 0.132. The van der Waals surface area contributed by atoms with Crippen LogP contribution in [-0.4, -0.2) is 23.6 Å². The van der Waals surface area contributed by atoms with Crippen molar-refractivity contribution < 1.29 is 0 Å². The Morgan fingerprint density at radius 1 is 1.00 bits per heavy atom. The van der Waals surface area contributed by atoms with Crippen LogP contribution in [0.15, 0.2) is 71.9 Å². The molecule has 0 aliphatic rings. The molecule has 140 valence electrons. The van der Waals surface area contributed by atoms with E-state index in [1.54, 1.807) is 0 Å². The van der Waals surface area contributed by atoms with Crippen LogP contribution in [0.25, 0.3) is 27.8 Å². The second kappa shape index (κ2) is 7.27. The average molecular weight is 370 g/mol. The van der Waals surface area contributed by atoms with Crippen molar-refractivity contribution in [2.24, 2.45) is 5.18 Å². The maximum absolute atomic E-state index is 10.9. The van der Waals surface area contributed by atoms with Gasteiger partial charge in [-0.2, -0.15) is 4.91 Å². The minimum Gasteiger partial charge on any atom is -0.378 e. The first-order chi connectivity index (χ1) is 13.6. The zero-order valence-corrected chi connectivity index (χ0v) is 16.3. The molecule has 0 saturated carbocycles. The van der Waals surface area contributed by atoms with E-state index >= 15 is 0 Å². The molecule has 0 aliphatic heterocycles. The second-order valence-corrected chi connectivity index (χ2v) is 7.07. The molecule has 5 nitrogen and oxygen atoms in total. The Morgan fingerprint density at radius 3 is 2.50 bits per heavy atom. The van der Waals surface area contributed by atoms with Crippen molar-refractivity contribution in [3.63, 3.8) is 0 Å². The van der Waals surface area contributed by atoms with E-state index in [0.29, 0.717) is 0 Å². The van der Waals surface area contributed by atoms with E-state index in [2.05, 4.69) is 57.1 Å². The molecule has 3 aromatic carbocycles. The Bertz CT molecular complexity index is 1150. The molecule has 0 bridgehead atoms. The van der Waals surface area contributed by atoms with Gasteiger partial charge in [-0.1, -0.05) is 35.5 Å². The molecule has 1 heterocycles. The van der Waals surface area contributed by atoms with Crippen LogP contribution in [0.3, 0.4) is 0 Å². The topological polar surface area (TPSA) is 50.5 Å². The number of anilines is 1. The van der Waals surface area contributed by atoms with Crippen molar-refractivity contribution in [3.05, 3.63) is 83.0 Å². The van der Waals surface area contributed by atoms with E-state index < -0.39 is 0 Å². The highest BCUT2D eigenvalue weighted by atomic mass is 16.3. The summed E-state index contributed by atoms with van der Waals surface area (Å²) < 4.78 is 2.17. The van der Waals surface area contributed by atoms with E-state index in [0.717, 1.165) is 44.9 Å². The quantitative estimate of drug-likeness (QED) is 0.446. The van der Waals surface area contributed by atoms with Gasteiger partial charge < -0.3 is 4.90 Å². The van der Waals surface area contributed by atoms with Crippen LogP contribution >= 0.6 is 0 Å². The van der Waals surface area contributed by atoms with Crippen molar-refractivity contribution in [2.45, 2.75) is 13.5 Å². The fraction of sp³-hybridized carbons (Fsp3) is 0.174. The van der Waals surface area contributed by atoms with Crippen molar-refractivity contribution in [1.29, 1.82) is 0 Å². The molecule has 0 fully saturated rings. The maximum atomic E-state index is 10.9. The lowest BCUT2D eigenvalue weighted by Gasteiger charge is -2.16. The fourth-order valence-corrected chi connectivity index (χ4v) is 3.61. The first kappa shape index (κ1) is 17.9. The first-order valence-corrected chi connectivity index (χ1v) is 9.23. The monoisotopic (exact) mass is 370 g/mol. The number of fused-ring (bicyclic) bond motifs is 1. The van der Waals surface area contributed by atoms with E-state index in [-0.39, 0.29) is 6.54 Å². The Hall–Kier alpha value is -3.47. The van der Waals surface area contributed by atoms with Crippen molar-refractivity contribution in [3.8, 4) is 16.8 Å². The van der Waals surface area contributed by atoms with Crippen LogP contribution < -0.4 is 4.90 Å². The third-order valence-electron chi connectivity index (χ3n) is 4.91. The number of para-hydroxylation sites is 1. The number of benzene rings is 3. The van der Waals surface area contributed by atoms with Gasteiger partial charge >= 0.3 is 0 Å². The zero-order valence-electron chi connectivity index (χ0n) is 16.3. The molecule has 4 aromatic rings. The predicted octanol–water partition coefficient (Wildman–Crippen LogP) is 5.33. The highest BCUT2D eigenvalue weighted by Gasteiger charge is 2.16. The number of hydrogen-bond acceptors (Lipinski definition) is 4. The molecule has 0 amide bonds. The van der Waals surface area contributed by atoms with Crippen molar-refractivity contribution in [2.75, 3.05) is 19.0 Å². The normalized spacial score (nSPS) is 11.0. The lowest BCUT2D eigenvalue weighted by Crippen LogP contribution is -2.08. The van der Waals surface area contributed by atoms with E-state index in [1.165, 1.54) is 0 Å².